The number of allylic oxidation sites excluding steroid dienone is 2. The van der Waals surface area contributed by atoms with Crippen molar-refractivity contribution < 1.29 is 24.5 Å². The molecule has 0 bridgehead atoms. The van der Waals surface area contributed by atoms with E-state index >= 15 is 0 Å². The average molecular weight is 535 g/mol. The highest BCUT2D eigenvalue weighted by molar-refractivity contribution is 6.09. The van der Waals surface area contributed by atoms with Crippen LogP contribution in [0.1, 0.15) is 52.5 Å². The molecule has 4 N–H and O–H groups in total. The molecule has 39 heavy (non-hydrogen) atoms. The number of fused-ring (bicyclic) bond motifs is 3. The molecule has 1 aromatic heterocycles. The largest absolute Gasteiger partial charge is 0.396 e. The van der Waals surface area contributed by atoms with Gasteiger partial charge in [0, 0.05) is 48.0 Å². The predicted molar refractivity (Wildman–Crippen MR) is 151 cm³/mol. The molecule has 3 fully saturated rings. The number of ether oxygens (including phenoxy) is 1. The highest BCUT2D eigenvalue weighted by Gasteiger charge is 2.78. The summed E-state index contributed by atoms with van der Waals surface area (Å²) in [6.45, 7) is 8.19. The first kappa shape index (κ1) is 27.8. The Labute approximate surface area is 230 Å². The molecule has 1 aromatic carbocycles. The molecule has 8 atom stereocenters. The number of benzene rings is 1. The number of para-hydroxylation sites is 1. The Bertz CT molecular complexity index is 1300. The maximum Gasteiger partial charge on any atom is 0.235 e. The Balaban J connectivity index is 1.53. The third-order valence-corrected chi connectivity index (χ3v) is 9.64. The number of aromatic nitrogens is 1. The van der Waals surface area contributed by atoms with E-state index in [2.05, 4.69) is 55.4 Å². The molecular weight excluding hydrogens is 492 g/mol. The number of carbonyl (C=O) groups is 2. The molecule has 7 heteroatoms. The van der Waals surface area contributed by atoms with Gasteiger partial charge in [-0.05, 0) is 56.6 Å². The Morgan fingerprint density at radius 1 is 1.26 bits per heavy atom. The van der Waals surface area contributed by atoms with Crippen LogP contribution in [0.25, 0.3) is 10.9 Å². The second kappa shape index (κ2) is 10.7. The lowest BCUT2D eigenvalue weighted by Gasteiger charge is -2.46. The van der Waals surface area contributed by atoms with Crippen molar-refractivity contribution in [1.29, 1.82) is 0 Å². The molecule has 2 aliphatic heterocycles. The van der Waals surface area contributed by atoms with E-state index in [-0.39, 0.29) is 67.1 Å². The van der Waals surface area contributed by atoms with Gasteiger partial charge in [-0.3, -0.25) is 9.59 Å². The third-order valence-electron chi connectivity index (χ3n) is 9.64. The second-order valence-electron chi connectivity index (χ2n) is 12.1. The van der Waals surface area contributed by atoms with Crippen LogP contribution in [0.3, 0.4) is 0 Å². The summed E-state index contributed by atoms with van der Waals surface area (Å²) in [5, 5.41) is 23.3. The van der Waals surface area contributed by atoms with E-state index in [1.807, 2.05) is 31.3 Å². The van der Waals surface area contributed by atoms with E-state index in [0.29, 0.717) is 12.8 Å². The van der Waals surface area contributed by atoms with Crippen LogP contribution in [0.15, 0.2) is 54.3 Å². The van der Waals surface area contributed by atoms with Gasteiger partial charge in [0.15, 0.2) is 0 Å². The molecule has 1 unspecified atom stereocenters. The van der Waals surface area contributed by atoms with Crippen molar-refractivity contribution in [3.63, 3.8) is 0 Å². The van der Waals surface area contributed by atoms with Crippen LogP contribution in [0.4, 0.5) is 0 Å². The molecule has 0 radical (unpaired) electrons. The molecule has 2 aromatic rings. The van der Waals surface area contributed by atoms with Crippen molar-refractivity contribution in [3.05, 3.63) is 59.8 Å². The molecule has 1 aliphatic carbocycles. The van der Waals surface area contributed by atoms with Gasteiger partial charge >= 0.3 is 0 Å². The minimum atomic E-state index is -1.23. The number of nitrogens with one attached hydrogen (secondary N) is 2. The quantitative estimate of drug-likeness (QED) is 0.197. The maximum absolute atomic E-state index is 14.1. The SMILES string of the molecule is C/C(=C\C(C)C/C=C/[C@H]1[C@@H]2O[C@]2(C)[C@@H](C)[C@H]2[C@H](Cc3c[nH]c4ccccc34)NC(=O)[C@]21C(=O)CCCO)CO. The maximum atomic E-state index is 14.1. The number of hydrogen-bond donors (Lipinski definition) is 4. The number of epoxide rings is 1. The van der Waals surface area contributed by atoms with Crippen molar-refractivity contribution in [2.45, 2.75) is 71.1 Å². The zero-order valence-corrected chi connectivity index (χ0v) is 23.4. The lowest BCUT2D eigenvalue weighted by molar-refractivity contribution is -0.148. The van der Waals surface area contributed by atoms with Crippen LogP contribution in [0.2, 0.25) is 0 Å². The van der Waals surface area contributed by atoms with Gasteiger partial charge in [-0.1, -0.05) is 55.8 Å². The fourth-order valence-electron chi connectivity index (χ4n) is 7.55. The van der Waals surface area contributed by atoms with Crippen molar-refractivity contribution in [1.82, 2.24) is 10.3 Å². The Morgan fingerprint density at radius 3 is 2.77 bits per heavy atom. The van der Waals surface area contributed by atoms with E-state index in [1.54, 1.807) is 0 Å². The number of aliphatic hydroxyl groups is 2. The Hall–Kier alpha value is -2.74. The van der Waals surface area contributed by atoms with Gasteiger partial charge in [0.05, 0.1) is 18.3 Å². The molecule has 5 rings (SSSR count). The van der Waals surface area contributed by atoms with Gasteiger partial charge in [0.25, 0.3) is 0 Å². The summed E-state index contributed by atoms with van der Waals surface area (Å²) in [5.41, 5.74) is 1.47. The fourth-order valence-corrected chi connectivity index (χ4v) is 7.55. The summed E-state index contributed by atoms with van der Waals surface area (Å²) < 4.78 is 6.36. The molecule has 3 heterocycles. The molecule has 1 saturated carbocycles. The predicted octanol–water partition coefficient (Wildman–Crippen LogP) is 4.10. The number of ketones is 1. The van der Waals surface area contributed by atoms with Crippen LogP contribution in [-0.4, -0.2) is 57.8 Å². The van der Waals surface area contributed by atoms with Crippen LogP contribution in [0, 0.1) is 29.1 Å². The highest BCUT2D eigenvalue weighted by Crippen LogP contribution is 2.66. The van der Waals surface area contributed by atoms with Gasteiger partial charge in [0.1, 0.15) is 11.2 Å². The summed E-state index contributed by atoms with van der Waals surface area (Å²) in [7, 11) is 0. The first-order valence-corrected chi connectivity index (χ1v) is 14.3. The van der Waals surface area contributed by atoms with Gasteiger partial charge < -0.3 is 25.3 Å². The average Bonchev–Trinajstić information content (AvgIpc) is 3.32. The normalized spacial score (nSPS) is 34.7. The number of aromatic amines is 1. The number of amides is 1. The van der Waals surface area contributed by atoms with Gasteiger partial charge in [-0.15, -0.1) is 0 Å². The molecule has 210 valence electrons. The van der Waals surface area contributed by atoms with Crippen molar-refractivity contribution in [3.8, 4) is 0 Å². The first-order chi connectivity index (χ1) is 18.7. The minimum Gasteiger partial charge on any atom is -0.396 e. The van der Waals surface area contributed by atoms with Crippen molar-refractivity contribution >= 4 is 22.6 Å². The van der Waals surface area contributed by atoms with E-state index < -0.39 is 11.0 Å². The summed E-state index contributed by atoms with van der Waals surface area (Å²) in [6, 6.07) is 7.93. The number of hydrogen-bond acceptors (Lipinski definition) is 5. The summed E-state index contributed by atoms with van der Waals surface area (Å²) in [6.07, 6.45) is 9.84. The summed E-state index contributed by atoms with van der Waals surface area (Å²) >= 11 is 0. The highest BCUT2D eigenvalue weighted by atomic mass is 16.6. The number of carbonyl (C=O) groups excluding carboxylic acids is 2. The minimum absolute atomic E-state index is 0.00607. The number of rotatable bonds is 11. The molecule has 1 amide bonds. The molecule has 0 spiro atoms. The topological polar surface area (TPSA) is 115 Å². The molecule has 2 saturated heterocycles. The second-order valence-corrected chi connectivity index (χ2v) is 12.1. The monoisotopic (exact) mass is 534 g/mol. The van der Waals surface area contributed by atoms with E-state index in [4.69, 9.17) is 4.74 Å². The fraction of sp³-hybridized carbons (Fsp3) is 0.562. The van der Waals surface area contributed by atoms with Gasteiger partial charge in [-0.25, -0.2) is 0 Å². The number of Topliss-reactive ketones (excluding diaryl/α,β-unsaturated/α-hetero) is 1. The smallest absolute Gasteiger partial charge is 0.235 e. The van der Waals surface area contributed by atoms with E-state index in [0.717, 1.165) is 28.5 Å². The lowest BCUT2D eigenvalue weighted by Crippen LogP contribution is -2.58. The first-order valence-electron chi connectivity index (χ1n) is 14.3. The van der Waals surface area contributed by atoms with Crippen molar-refractivity contribution in [2.75, 3.05) is 13.2 Å². The number of H-pyrrole nitrogens is 1. The summed E-state index contributed by atoms with van der Waals surface area (Å²) in [5.74, 6) is -0.707. The zero-order valence-electron chi connectivity index (χ0n) is 23.4. The number of aliphatic hydroxyl groups excluding tert-OH is 2. The van der Waals surface area contributed by atoms with Crippen molar-refractivity contribution in [2.24, 2.45) is 29.1 Å². The molecular formula is C32H42N2O5. The summed E-state index contributed by atoms with van der Waals surface area (Å²) in [4.78, 5) is 31.6. The van der Waals surface area contributed by atoms with Crippen LogP contribution < -0.4 is 5.32 Å². The standard InChI is InChI=1S/C32H42N2O5/c1-19(15-20(2)18-36)9-7-11-24-29-31(4,39-29)21(3)28-26(16-22-17-33-25-12-6-5-10-23(22)25)34-30(38)32(24,28)27(37)13-8-14-35/h5-7,10-12,15,17,19,21,24,26,28-29,33,35-36H,8-9,13-14,16,18H2,1-4H3,(H,34,38)/b11-7+,20-15+/t19?,21-,24-,26-,28-,29-,31+,32+/m0/s1. The molecule has 7 nitrogen and oxygen atoms in total. The van der Waals surface area contributed by atoms with Gasteiger partial charge in [0.2, 0.25) is 5.91 Å². The Morgan fingerprint density at radius 2 is 2.03 bits per heavy atom. The zero-order chi connectivity index (χ0) is 27.9. The van der Waals surface area contributed by atoms with Crippen LogP contribution >= 0.6 is 0 Å². The van der Waals surface area contributed by atoms with Gasteiger partial charge in [-0.2, -0.15) is 0 Å². The third kappa shape index (κ3) is 4.58. The lowest BCUT2D eigenvalue weighted by atomic mass is 9.51. The van der Waals surface area contributed by atoms with Crippen LogP contribution in [0.5, 0.6) is 0 Å². The van der Waals surface area contributed by atoms with E-state index in [1.165, 1.54) is 0 Å². The Kier molecular flexibility index (Phi) is 7.61. The molecule has 3 aliphatic rings. The van der Waals surface area contributed by atoms with Crippen LogP contribution in [-0.2, 0) is 20.7 Å². The van der Waals surface area contributed by atoms with E-state index in [9.17, 15) is 19.8 Å².